The molecular weight excluding hydrogens is 4660 g/mol. The van der Waals surface area contributed by atoms with Crippen LogP contribution in [0.3, 0.4) is 0 Å². The Balaban J connectivity index is 0. The van der Waals surface area contributed by atoms with E-state index in [-0.39, 0.29) is 1720 Å². The van der Waals surface area contributed by atoms with Gasteiger partial charge < -0.3 is 22.3 Å². The molecule has 0 bridgehead atoms. The van der Waals surface area contributed by atoms with Crippen LogP contribution in [-0.4, -0.2) is 0 Å². The number of hydrogen-bond donors (Lipinski definition) is 0. The minimum Gasteiger partial charge on any atom is -0.358 e. The predicted molar refractivity (Wildman–Crippen MR) is 19.2 cm³/mol. The van der Waals surface area contributed by atoms with Crippen LogP contribution < -0.4 is 0 Å². The van der Waals surface area contributed by atoms with Crippen LogP contribution in [0.2, 0.25) is 0 Å². The molecule has 0 aliphatic rings. The second-order valence-corrected chi connectivity index (χ2v) is 0. The molecule has 51 radical (unpaired) electrons. The van der Waals surface area contributed by atoms with Crippen LogP contribution in [0.15, 0.2) is 0 Å². The summed E-state index contributed by atoms with van der Waals surface area (Å²) in [6, 6.07) is 0. The first-order chi connectivity index (χ1) is 0. The smallest absolute Gasteiger partial charge is 0.358 e. The molecule has 0 heterocycles. The Morgan fingerprint density at radius 3 is 0.0545 bits per heavy atom. The molecule has 0 aliphatic carbocycles. The molecule has 0 spiro atoms. The molecular formula is C3H9Y52. The summed E-state index contributed by atoms with van der Waals surface area (Å²) in [5, 5.41) is 0. The number of hydrogen-bond acceptors (Lipinski definition) is 0. The van der Waals surface area contributed by atoms with Gasteiger partial charge in [0.2, 0.25) is 0 Å². The summed E-state index contributed by atoms with van der Waals surface area (Å²) in [7, 11) is 0. The molecule has 0 aliphatic heterocycles. The third-order valence-corrected chi connectivity index (χ3v) is 0. The van der Waals surface area contributed by atoms with Gasteiger partial charge in [0.25, 0.3) is 0 Å². The maximum Gasteiger partial charge on any atom is 3.00 e. The molecule has 0 saturated heterocycles. The topological polar surface area (TPSA) is 0 Å². The van der Waals surface area contributed by atoms with Gasteiger partial charge in [0.15, 0.2) is 0 Å². The van der Waals surface area contributed by atoms with Crippen LogP contribution >= 0.6 is 0 Å². The van der Waals surface area contributed by atoms with Crippen molar-refractivity contribution in [1.82, 2.24) is 0 Å². The Morgan fingerprint density at radius 2 is 0.0545 bits per heavy atom. The summed E-state index contributed by atoms with van der Waals surface area (Å²) in [4.78, 5) is 0. The third kappa shape index (κ3) is 405. The van der Waals surface area contributed by atoms with Gasteiger partial charge in [0.1, 0.15) is 0 Å². The largest absolute Gasteiger partial charge is 3.00 e. The fourth-order valence-electron chi connectivity index (χ4n) is 0. The molecule has 0 amide bonds. The van der Waals surface area contributed by atoms with Gasteiger partial charge in [0, 0.05) is 1670 Å². The SMILES string of the molecule is [CH3-].[CH3-].[CH3-].[Y+3].[Y].[Y].[Y].[Y].[Y].[Y].[Y].[Y].[Y].[Y].[Y].[Y].[Y].[Y].[Y].[Y].[Y].[Y].[Y].[Y].[Y].[Y].[Y].[Y].[Y].[Y].[Y].[Y].[Y].[Y].[Y].[Y].[Y].[Y].[Y].[Y].[Y].[Y].[Y].[Y].[Y].[Y].[Y].[Y].[Y].[Y].[Y].[Y].[Y].[Y].[Y]. The summed E-state index contributed by atoms with van der Waals surface area (Å²) >= 11 is 0. The molecule has 0 unspecified atom stereocenters. The van der Waals surface area contributed by atoms with E-state index in [1.807, 2.05) is 0 Å². The molecule has 0 fully saturated rings. The van der Waals surface area contributed by atoms with Crippen LogP contribution in [0.25, 0.3) is 0 Å². The van der Waals surface area contributed by atoms with E-state index >= 15 is 0 Å². The van der Waals surface area contributed by atoms with E-state index in [0.717, 1.165) is 0 Å². The van der Waals surface area contributed by atoms with E-state index in [0.29, 0.717) is 0 Å². The van der Waals surface area contributed by atoms with E-state index in [1.165, 1.54) is 0 Å². The van der Waals surface area contributed by atoms with Gasteiger partial charge in [-0.2, -0.15) is 0 Å². The summed E-state index contributed by atoms with van der Waals surface area (Å²) < 4.78 is 0. The van der Waals surface area contributed by atoms with Crippen molar-refractivity contribution in [1.29, 1.82) is 0 Å². The molecule has 177 valence electrons. The van der Waals surface area contributed by atoms with Gasteiger partial charge in [-0.15, -0.1) is 0 Å². The monoisotopic (exact) mass is 4670 g/mol. The summed E-state index contributed by atoms with van der Waals surface area (Å²) in [6.45, 7) is 0. The zero-order valence-electron chi connectivity index (χ0n) is 33.0. The second-order valence-electron chi connectivity index (χ2n) is 0. The first kappa shape index (κ1) is 423. The second kappa shape index (κ2) is 412. The first-order valence-corrected chi connectivity index (χ1v) is 0. The Bertz CT molecular complexity index is 16.8. The molecule has 52 heteroatoms. The normalized spacial score (nSPS) is 0. The predicted octanol–water partition coefficient (Wildman–Crippen LogP) is 1.22. The first-order valence-electron chi connectivity index (χ1n) is 0. The van der Waals surface area contributed by atoms with Crippen LogP contribution in [0.4, 0.5) is 0 Å². The quantitative estimate of drug-likeness (QED) is 0.321. The van der Waals surface area contributed by atoms with Gasteiger partial charge >= 0.3 is 32.7 Å². The van der Waals surface area contributed by atoms with Gasteiger partial charge in [-0.25, -0.2) is 0 Å². The Hall–Kier alpha value is 57.4. The van der Waals surface area contributed by atoms with Crippen molar-refractivity contribution in [2.45, 2.75) is 0 Å². The Labute approximate surface area is 1660 Å². The molecule has 0 atom stereocenters. The summed E-state index contributed by atoms with van der Waals surface area (Å²) in [6.07, 6.45) is 0. The van der Waals surface area contributed by atoms with Crippen LogP contribution in [0.1, 0.15) is 0 Å². The summed E-state index contributed by atoms with van der Waals surface area (Å²) in [5.74, 6) is 0. The molecule has 55 heavy (non-hydrogen) atoms. The van der Waals surface area contributed by atoms with Gasteiger partial charge in [0.05, 0.1) is 0 Å². The van der Waals surface area contributed by atoms with Crippen molar-refractivity contribution in [3.05, 3.63) is 22.3 Å². The molecule has 0 N–H and O–H groups in total. The Kier molecular flexibility index (Phi) is 3170. The van der Waals surface area contributed by atoms with Gasteiger partial charge in [-0.1, -0.05) is 0 Å². The van der Waals surface area contributed by atoms with Gasteiger partial charge in [-0.3, -0.25) is 0 Å². The molecule has 0 aromatic carbocycles. The van der Waals surface area contributed by atoms with Crippen molar-refractivity contribution in [3.63, 3.8) is 0 Å². The Morgan fingerprint density at radius 1 is 0.0545 bits per heavy atom. The molecule has 0 rings (SSSR count). The van der Waals surface area contributed by atoms with Crippen LogP contribution in [-0.2, 0) is 1700 Å². The van der Waals surface area contributed by atoms with Crippen molar-refractivity contribution in [3.8, 4) is 0 Å². The van der Waals surface area contributed by atoms with Gasteiger partial charge in [-0.05, 0) is 0 Å². The van der Waals surface area contributed by atoms with Crippen molar-refractivity contribution in [2.24, 2.45) is 0 Å². The molecule has 0 aromatic rings. The van der Waals surface area contributed by atoms with Crippen molar-refractivity contribution < 1.29 is 1700 Å². The molecule has 0 aromatic heterocycles. The fourth-order valence-corrected chi connectivity index (χ4v) is 0. The fraction of sp³-hybridized carbons (Fsp3) is 0. The summed E-state index contributed by atoms with van der Waals surface area (Å²) in [5.41, 5.74) is 0. The van der Waals surface area contributed by atoms with E-state index in [4.69, 9.17) is 0 Å². The maximum atomic E-state index is 0. The van der Waals surface area contributed by atoms with Crippen LogP contribution in [0, 0.1) is 22.3 Å². The van der Waals surface area contributed by atoms with E-state index in [9.17, 15) is 0 Å². The molecule has 0 saturated carbocycles. The number of rotatable bonds is 0. The minimum atomic E-state index is 0. The van der Waals surface area contributed by atoms with Crippen LogP contribution in [0.5, 0.6) is 0 Å². The zero-order valence-corrected chi connectivity index (χ0v) is 181. The minimum absolute atomic E-state index is 0. The standard InChI is InChI=1S/3CH3.52Y/h3*1H3;;;;;;;;;;;;;;;;;;;;;;;;;;;;;;;;;;;;;;;;;;;;;;;;;;;;/q3*-1;;;;;;;;;;;;;;;;;;;;;;;;;;;;;;;;;;;;;;;;;;;;;;;;;;;;+3. The zero-order chi connectivity index (χ0) is 0. The van der Waals surface area contributed by atoms with E-state index in [2.05, 4.69) is 0 Å². The van der Waals surface area contributed by atoms with E-state index < -0.39 is 0 Å². The average molecular weight is 4670 g/mol. The van der Waals surface area contributed by atoms with E-state index in [1.54, 1.807) is 0 Å². The van der Waals surface area contributed by atoms with Crippen molar-refractivity contribution in [2.75, 3.05) is 0 Å². The molecule has 0 nitrogen and oxygen atoms in total. The third-order valence-electron chi connectivity index (χ3n) is 0. The van der Waals surface area contributed by atoms with Crippen molar-refractivity contribution >= 4 is 0 Å². The maximum absolute atomic E-state index is 0. The average Bonchev–Trinajstić information content (AvgIpc) is 0.